The summed E-state index contributed by atoms with van der Waals surface area (Å²) in [5.41, 5.74) is 0.158. The summed E-state index contributed by atoms with van der Waals surface area (Å²) < 4.78 is 31.9. The molecular formula is C18H23N3O5S. The van der Waals surface area contributed by atoms with Gasteiger partial charge in [0, 0.05) is 19.1 Å². The second kappa shape index (κ2) is 9.48. The Bertz CT molecular complexity index is 814. The molecule has 1 heterocycles. The number of carbonyl (C=O) groups is 2. The summed E-state index contributed by atoms with van der Waals surface area (Å²) in [5, 5.41) is 10.8. The Balaban J connectivity index is 1.97. The molecule has 0 spiro atoms. The number of nitrogens with one attached hydrogen (secondary N) is 1. The minimum absolute atomic E-state index is 0.0482. The number of rotatable bonds is 7. The van der Waals surface area contributed by atoms with Crippen LogP contribution in [0.3, 0.4) is 0 Å². The molecule has 1 aliphatic rings. The van der Waals surface area contributed by atoms with Gasteiger partial charge < -0.3 is 10.1 Å². The smallest absolute Gasteiger partial charge is 0.338 e. The lowest BCUT2D eigenvalue weighted by Gasteiger charge is -2.32. The third-order valence-electron chi connectivity index (χ3n) is 4.33. The molecule has 0 aliphatic carbocycles. The van der Waals surface area contributed by atoms with Gasteiger partial charge in [0.15, 0.2) is 6.61 Å². The highest BCUT2D eigenvalue weighted by molar-refractivity contribution is 7.89. The van der Waals surface area contributed by atoms with Crippen LogP contribution in [0.4, 0.5) is 0 Å². The molecule has 0 bridgehead atoms. The Labute approximate surface area is 159 Å². The van der Waals surface area contributed by atoms with Crippen molar-refractivity contribution in [2.45, 2.75) is 43.5 Å². The van der Waals surface area contributed by atoms with Gasteiger partial charge in [-0.2, -0.15) is 9.57 Å². The average Bonchev–Trinajstić information content (AvgIpc) is 2.66. The Kier molecular flexibility index (Phi) is 7.33. The second-order valence-corrected chi connectivity index (χ2v) is 8.21. The van der Waals surface area contributed by atoms with E-state index in [1.54, 1.807) is 0 Å². The normalized spacial score (nSPS) is 17.7. The molecule has 1 aromatic carbocycles. The van der Waals surface area contributed by atoms with Crippen molar-refractivity contribution in [2.75, 3.05) is 19.7 Å². The molecule has 1 saturated heterocycles. The number of ether oxygens (including phenoxy) is 1. The van der Waals surface area contributed by atoms with Crippen LogP contribution < -0.4 is 5.32 Å². The number of amides is 1. The van der Waals surface area contributed by atoms with E-state index in [2.05, 4.69) is 5.32 Å². The van der Waals surface area contributed by atoms with Gasteiger partial charge in [-0.15, -0.1) is 0 Å². The molecular weight excluding hydrogens is 370 g/mol. The van der Waals surface area contributed by atoms with E-state index in [9.17, 15) is 18.0 Å². The van der Waals surface area contributed by atoms with Crippen molar-refractivity contribution < 1.29 is 22.7 Å². The summed E-state index contributed by atoms with van der Waals surface area (Å²) in [6, 6.07) is 7.33. The number of hydrogen-bond acceptors (Lipinski definition) is 6. The fraction of sp³-hybridized carbons (Fsp3) is 0.500. The van der Waals surface area contributed by atoms with Gasteiger partial charge in [0.25, 0.3) is 5.91 Å². The van der Waals surface area contributed by atoms with Gasteiger partial charge in [-0.25, -0.2) is 13.2 Å². The topological polar surface area (TPSA) is 117 Å². The minimum Gasteiger partial charge on any atom is -0.452 e. The number of esters is 1. The predicted octanol–water partition coefficient (Wildman–Crippen LogP) is 1.44. The van der Waals surface area contributed by atoms with E-state index in [0.717, 1.165) is 19.3 Å². The molecule has 0 saturated carbocycles. The van der Waals surface area contributed by atoms with E-state index in [1.165, 1.54) is 28.6 Å². The van der Waals surface area contributed by atoms with E-state index in [-0.39, 0.29) is 29.5 Å². The van der Waals surface area contributed by atoms with Crippen molar-refractivity contribution in [1.29, 1.82) is 5.26 Å². The van der Waals surface area contributed by atoms with Crippen LogP contribution in [0.15, 0.2) is 29.2 Å². The lowest BCUT2D eigenvalue weighted by molar-refractivity contribution is -0.124. The second-order valence-electron chi connectivity index (χ2n) is 6.32. The van der Waals surface area contributed by atoms with E-state index >= 15 is 0 Å². The first-order valence-electron chi connectivity index (χ1n) is 8.79. The third-order valence-corrected chi connectivity index (χ3v) is 6.36. The lowest BCUT2D eigenvalue weighted by Crippen LogP contribution is -2.41. The monoisotopic (exact) mass is 393 g/mol. The van der Waals surface area contributed by atoms with Crippen LogP contribution in [-0.2, 0) is 19.6 Å². The molecule has 0 radical (unpaired) electrons. The molecule has 9 heteroatoms. The Hall–Kier alpha value is -2.44. The maximum Gasteiger partial charge on any atom is 0.338 e. The quantitative estimate of drug-likeness (QED) is 0.553. The first-order chi connectivity index (χ1) is 12.9. The van der Waals surface area contributed by atoms with Crippen LogP contribution in [0, 0.1) is 11.3 Å². The summed E-state index contributed by atoms with van der Waals surface area (Å²) in [5.74, 6) is -1.22. The van der Waals surface area contributed by atoms with Crippen LogP contribution >= 0.6 is 0 Å². The largest absolute Gasteiger partial charge is 0.452 e. The van der Waals surface area contributed by atoms with Crippen LogP contribution in [-0.4, -0.2) is 50.3 Å². The van der Waals surface area contributed by atoms with Crippen LogP contribution in [0.2, 0.25) is 0 Å². The number of nitriles is 1. The molecule has 8 nitrogen and oxygen atoms in total. The van der Waals surface area contributed by atoms with E-state index in [1.807, 2.05) is 13.0 Å². The molecule has 2 rings (SSSR count). The molecule has 1 fully saturated rings. The summed E-state index contributed by atoms with van der Waals surface area (Å²) in [6.07, 6.45) is 2.86. The van der Waals surface area contributed by atoms with Gasteiger partial charge in [-0.3, -0.25) is 4.79 Å². The zero-order chi connectivity index (χ0) is 19.9. The van der Waals surface area contributed by atoms with Gasteiger partial charge in [-0.05, 0) is 44.0 Å². The van der Waals surface area contributed by atoms with Crippen molar-refractivity contribution in [3.05, 3.63) is 29.8 Å². The van der Waals surface area contributed by atoms with Crippen molar-refractivity contribution in [2.24, 2.45) is 0 Å². The molecule has 27 heavy (non-hydrogen) atoms. The Morgan fingerprint density at radius 1 is 1.30 bits per heavy atom. The molecule has 0 aromatic heterocycles. The molecule has 1 aromatic rings. The summed E-state index contributed by atoms with van der Waals surface area (Å²) in [4.78, 5) is 23.6. The number of nitrogens with zero attached hydrogens (tertiary/aromatic N) is 2. The fourth-order valence-corrected chi connectivity index (χ4v) is 4.55. The molecule has 1 N–H and O–H groups in total. The van der Waals surface area contributed by atoms with E-state index in [0.29, 0.717) is 6.54 Å². The third kappa shape index (κ3) is 5.52. The first kappa shape index (κ1) is 20.9. The maximum absolute atomic E-state index is 12.8. The number of sulfonamides is 1. The summed E-state index contributed by atoms with van der Waals surface area (Å²) in [6.45, 7) is 2.11. The van der Waals surface area contributed by atoms with Crippen molar-refractivity contribution in [3.8, 4) is 6.07 Å². The van der Waals surface area contributed by atoms with Gasteiger partial charge in [-0.1, -0.05) is 6.42 Å². The highest BCUT2D eigenvalue weighted by Crippen LogP contribution is 2.25. The number of piperidine rings is 1. The van der Waals surface area contributed by atoms with Gasteiger partial charge in [0.2, 0.25) is 10.0 Å². The van der Waals surface area contributed by atoms with Crippen LogP contribution in [0.1, 0.15) is 43.0 Å². The molecule has 146 valence electrons. The highest BCUT2D eigenvalue weighted by atomic mass is 32.2. The van der Waals surface area contributed by atoms with Gasteiger partial charge in [0.05, 0.1) is 22.9 Å². The van der Waals surface area contributed by atoms with Crippen molar-refractivity contribution in [3.63, 3.8) is 0 Å². The SMILES string of the molecule is C[C@@H]1CCCCN1S(=O)(=O)c1ccc(C(=O)OCC(=O)NCCC#N)cc1. The molecule has 1 amide bonds. The Morgan fingerprint density at radius 3 is 2.63 bits per heavy atom. The van der Waals surface area contributed by atoms with Gasteiger partial charge in [0.1, 0.15) is 0 Å². The molecule has 1 atom stereocenters. The van der Waals surface area contributed by atoms with E-state index in [4.69, 9.17) is 10.00 Å². The van der Waals surface area contributed by atoms with Gasteiger partial charge >= 0.3 is 5.97 Å². The van der Waals surface area contributed by atoms with Crippen LogP contribution in [0.25, 0.3) is 0 Å². The summed E-state index contributed by atoms with van der Waals surface area (Å²) in [7, 11) is -3.60. The Morgan fingerprint density at radius 2 is 2.00 bits per heavy atom. The van der Waals surface area contributed by atoms with E-state index < -0.39 is 28.5 Å². The molecule has 1 aliphatic heterocycles. The standard InChI is InChI=1S/C18H23N3O5S/c1-14-5-2-3-12-21(14)27(24,25)16-8-6-15(7-9-16)18(23)26-13-17(22)20-11-4-10-19/h6-9,14H,2-5,11-13H2,1H3,(H,20,22)/t14-/m1/s1. The maximum atomic E-state index is 12.8. The number of hydrogen-bond donors (Lipinski definition) is 1. The minimum atomic E-state index is -3.60. The average molecular weight is 393 g/mol. The lowest BCUT2D eigenvalue weighted by atomic mass is 10.1. The zero-order valence-electron chi connectivity index (χ0n) is 15.2. The zero-order valence-corrected chi connectivity index (χ0v) is 16.0. The fourth-order valence-electron chi connectivity index (χ4n) is 2.85. The first-order valence-corrected chi connectivity index (χ1v) is 10.2. The van der Waals surface area contributed by atoms with Crippen molar-refractivity contribution in [1.82, 2.24) is 9.62 Å². The summed E-state index contributed by atoms with van der Waals surface area (Å²) >= 11 is 0. The highest BCUT2D eigenvalue weighted by Gasteiger charge is 2.30. The van der Waals surface area contributed by atoms with Crippen molar-refractivity contribution >= 4 is 21.9 Å². The van der Waals surface area contributed by atoms with Crippen LogP contribution in [0.5, 0.6) is 0 Å². The predicted molar refractivity (Wildman–Crippen MR) is 97.2 cm³/mol. The number of carbonyl (C=O) groups excluding carboxylic acids is 2. The number of benzene rings is 1. The molecule has 0 unspecified atom stereocenters.